The molecule has 0 spiro atoms. The van der Waals surface area contributed by atoms with E-state index in [9.17, 15) is 14.0 Å². The second-order valence-corrected chi connectivity index (χ2v) is 13.7. The minimum Gasteiger partial charge on any atom is -0.474 e. The molecule has 5 heterocycles. The number of amides is 2. The van der Waals surface area contributed by atoms with Gasteiger partial charge in [0.05, 0.1) is 25.8 Å². The Bertz CT molecular complexity index is 1380. The van der Waals surface area contributed by atoms with Crippen LogP contribution >= 0.6 is 0 Å². The first-order valence-corrected chi connectivity index (χ1v) is 17.0. The summed E-state index contributed by atoms with van der Waals surface area (Å²) in [6.45, 7) is 14.4. The lowest BCUT2D eigenvalue weighted by atomic mass is 10.0. The molecule has 0 saturated carbocycles. The molecule has 2 amide bonds. The molecule has 3 fully saturated rings. The first-order valence-electron chi connectivity index (χ1n) is 17.0. The van der Waals surface area contributed by atoms with E-state index in [0.717, 1.165) is 57.7 Å². The summed E-state index contributed by atoms with van der Waals surface area (Å²) in [5, 5.41) is 3.62. The minimum atomic E-state index is -0.311. The Labute approximate surface area is 272 Å². The second kappa shape index (κ2) is 14.3. The number of carbonyl (C=O) groups excluding carboxylic acids is 2. The number of carbonyl (C=O) groups is 2. The number of benzene rings is 1. The molecule has 6 rings (SSSR count). The highest BCUT2D eigenvalue weighted by atomic mass is 19.1. The van der Waals surface area contributed by atoms with Crippen LogP contribution in [0.25, 0.3) is 0 Å². The van der Waals surface area contributed by atoms with Crippen molar-refractivity contribution in [3.05, 3.63) is 53.0 Å². The zero-order chi connectivity index (χ0) is 32.4. The van der Waals surface area contributed by atoms with Crippen molar-refractivity contribution >= 4 is 17.5 Å². The molecule has 1 aromatic carbocycles. The number of nitrogens with one attached hydrogen (secondary N) is 1. The molecule has 5 atom stereocenters. The van der Waals surface area contributed by atoms with E-state index < -0.39 is 0 Å². The number of fused-ring (bicyclic) bond motifs is 1. The number of aromatic nitrogens is 1. The van der Waals surface area contributed by atoms with Gasteiger partial charge in [-0.2, -0.15) is 0 Å². The van der Waals surface area contributed by atoms with E-state index in [2.05, 4.69) is 35.9 Å². The molecule has 1 N–H and O–H groups in total. The summed E-state index contributed by atoms with van der Waals surface area (Å²) in [6.07, 6.45) is 3.43. The number of piperidine rings is 1. The van der Waals surface area contributed by atoms with Gasteiger partial charge in [-0.3, -0.25) is 19.4 Å². The number of hydrogen-bond acceptors (Lipinski definition) is 8. The number of halogens is 1. The number of likely N-dealkylation sites (tertiary alicyclic amines) is 1. The Morgan fingerprint density at radius 2 is 1.70 bits per heavy atom. The summed E-state index contributed by atoms with van der Waals surface area (Å²) in [7, 11) is 0. The van der Waals surface area contributed by atoms with Crippen LogP contribution in [0.15, 0.2) is 30.3 Å². The molecule has 10 nitrogen and oxygen atoms in total. The van der Waals surface area contributed by atoms with Gasteiger partial charge in [-0.1, -0.05) is 12.1 Å². The largest absolute Gasteiger partial charge is 0.474 e. The van der Waals surface area contributed by atoms with Crippen molar-refractivity contribution in [2.24, 2.45) is 0 Å². The number of ether oxygens (including phenoxy) is 2. The van der Waals surface area contributed by atoms with E-state index in [1.165, 1.54) is 12.1 Å². The van der Waals surface area contributed by atoms with E-state index in [0.29, 0.717) is 61.0 Å². The zero-order valence-corrected chi connectivity index (χ0v) is 27.7. The second-order valence-electron chi connectivity index (χ2n) is 13.7. The van der Waals surface area contributed by atoms with Crippen LogP contribution in [0.1, 0.15) is 68.6 Å². The van der Waals surface area contributed by atoms with Crippen molar-refractivity contribution in [2.75, 3.05) is 64.0 Å². The summed E-state index contributed by atoms with van der Waals surface area (Å²) < 4.78 is 25.6. The molecule has 0 bridgehead atoms. The number of hydrogen-bond donors (Lipinski definition) is 1. The van der Waals surface area contributed by atoms with Crippen LogP contribution in [-0.4, -0.2) is 121 Å². The average Bonchev–Trinajstić information content (AvgIpc) is 3.04. The topological polar surface area (TPSA) is 90.5 Å². The zero-order valence-electron chi connectivity index (χ0n) is 27.7. The summed E-state index contributed by atoms with van der Waals surface area (Å²) >= 11 is 0. The van der Waals surface area contributed by atoms with Gasteiger partial charge in [0.25, 0.3) is 5.91 Å². The van der Waals surface area contributed by atoms with E-state index in [1.807, 2.05) is 22.8 Å². The minimum absolute atomic E-state index is 0.0103. The molecule has 0 unspecified atom stereocenters. The first-order chi connectivity index (χ1) is 22.2. The van der Waals surface area contributed by atoms with Crippen LogP contribution < -0.4 is 15.0 Å². The summed E-state index contributed by atoms with van der Waals surface area (Å²) in [6, 6.07) is 9.10. The Hall–Kier alpha value is -3.12. The third-order valence-electron chi connectivity index (χ3n) is 9.97. The fourth-order valence-corrected chi connectivity index (χ4v) is 7.38. The average molecular weight is 637 g/mol. The Morgan fingerprint density at radius 3 is 2.41 bits per heavy atom. The maximum atomic E-state index is 14.3. The standard InChI is InChI=1S/C35H49FN6O4/c1-23-17-40(30(16-37-23)18-41-24(2)20-45-21-25(41)3)19-32(43)42-26(4)22-46-34-31(42)15-28(14-27-8-10-29(36)11-9-27)33(38-34)35(44)39-12-6-5-7-13-39/h8-11,15,23-26,30,37H,5-7,12-14,16-22H2,1-4H3/t23-,24-,25-,26+,30-/m1/s1. The third-order valence-corrected chi connectivity index (χ3v) is 9.97. The number of pyridine rings is 1. The lowest BCUT2D eigenvalue weighted by Crippen LogP contribution is -2.63. The van der Waals surface area contributed by atoms with E-state index >= 15 is 0 Å². The number of rotatable bonds is 7. The Morgan fingerprint density at radius 1 is 0.978 bits per heavy atom. The van der Waals surface area contributed by atoms with Gasteiger partial charge in [0.1, 0.15) is 23.8 Å². The van der Waals surface area contributed by atoms with Gasteiger partial charge < -0.3 is 24.6 Å². The Kier molecular flexibility index (Phi) is 10.2. The van der Waals surface area contributed by atoms with Gasteiger partial charge in [-0.05, 0) is 82.7 Å². The van der Waals surface area contributed by atoms with E-state index in [4.69, 9.17) is 14.5 Å². The van der Waals surface area contributed by atoms with Crippen LogP contribution in [0.4, 0.5) is 10.1 Å². The van der Waals surface area contributed by atoms with Crippen molar-refractivity contribution in [1.82, 2.24) is 25.0 Å². The molecule has 0 aliphatic carbocycles. The number of piperazine rings is 1. The maximum Gasteiger partial charge on any atom is 0.272 e. The van der Waals surface area contributed by atoms with Gasteiger partial charge in [-0.15, -0.1) is 0 Å². The van der Waals surface area contributed by atoms with Crippen molar-refractivity contribution < 1.29 is 23.5 Å². The highest BCUT2D eigenvalue weighted by Crippen LogP contribution is 2.36. The van der Waals surface area contributed by atoms with Crippen molar-refractivity contribution in [2.45, 2.75) is 83.6 Å². The molecule has 11 heteroatoms. The Balaban J connectivity index is 1.29. The van der Waals surface area contributed by atoms with Gasteiger partial charge in [0.15, 0.2) is 0 Å². The molecule has 1 aromatic heterocycles. The molecule has 4 aliphatic heterocycles. The fourth-order valence-electron chi connectivity index (χ4n) is 7.38. The molecule has 2 aromatic rings. The molecular formula is C35H49FN6O4. The highest BCUT2D eigenvalue weighted by Gasteiger charge is 2.38. The van der Waals surface area contributed by atoms with Crippen molar-refractivity contribution in [3.63, 3.8) is 0 Å². The normalized spacial score (nSPS) is 27.6. The van der Waals surface area contributed by atoms with Crippen LogP contribution in [0.3, 0.4) is 0 Å². The van der Waals surface area contributed by atoms with Crippen molar-refractivity contribution in [1.29, 1.82) is 0 Å². The highest BCUT2D eigenvalue weighted by molar-refractivity contribution is 5.99. The number of nitrogens with zero attached hydrogens (tertiary/aromatic N) is 5. The van der Waals surface area contributed by atoms with E-state index in [1.54, 1.807) is 12.1 Å². The van der Waals surface area contributed by atoms with Crippen LogP contribution in [0.2, 0.25) is 0 Å². The lowest BCUT2D eigenvalue weighted by molar-refractivity contribution is -0.122. The predicted octanol–water partition coefficient (Wildman–Crippen LogP) is 3.32. The SMILES string of the molecule is C[C@@H]1CN(CC(=O)N2c3cc(Cc4ccc(F)cc4)c(C(=O)N4CCCCC4)nc3OC[C@@H]2C)[C@@H](CN2[C@H](C)COC[C@H]2C)CN1. The molecule has 250 valence electrons. The third kappa shape index (κ3) is 7.22. The number of morpholine rings is 1. The molecular weight excluding hydrogens is 587 g/mol. The van der Waals surface area contributed by atoms with Crippen molar-refractivity contribution in [3.8, 4) is 5.88 Å². The lowest BCUT2D eigenvalue weighted by Gasteiger charge is -2.46. The predicted molar refractivity (Wildman–Crippen MR) is 175 cm³/mol. The quantitative estimate of drug-likeness (QED) is 0.496. The van der Waals surface area contributed by atoms with Crippen LogP contribution in [0, 0.1) is 5.82 Å². The van der Waals surface area contributed by atoms with Gasteiger partial charge in [-0.25, -0.2) is 9.37 Å². The van der Waals surface area contributed by atoms with Gasteiger partial charge >= 0.3 is 0 Å². The summed E-state index contributed by atoms with van der Waals surface area (Å²) in [5.41, 5.74) is 2.51. The van der Waals surface area contributed by atoms with Gasteiger partial charge in [0, 0.05) is 56.9 Å². The van der Waals surface area contributed by atoms with Crippen LogP contribution in [-0.2, 0) is 16.0 Å². The van der Waals surface area contributed by atoms with E-state index in [-0.39, 0.29) is 42.3 Å². The smallest absolute Gasteiger partial charge is 0.272 e. The van der Waals surface area contributed by atoms with Crippen LogP contribution in [0.5, 0.6) is 5.88 Å². The summed E-state index contributed by atoms with van der Waals surface area (Å²) in [5.74, 6) is -0.127. The molecule has 4 aliphatic rings. The fraction of sp³-hybridized carbons (Fsp3) is 0.629. The number of anilines is 1. The molecule has 3 saturated heterocycles. The van der Waals surface area contributed by atoms with Gasteiger partial charge in [0.2, 0.25) is 11.8 Å². The first kappa shape index (κ1) is 32.8. The summed E-state index contributed by atoms with van der Waals surface area (Å²) in [4.78, 5) is 41.4. The monoisotopic (exact) mass is 636 g/mol. The molecule has 0 radical (unpaired) electrons. The molecule has 46 heavy (non-hydrogen) atoms. The maximum absolute atomic E-state index is 14.3.